The Balaban J connectivity index is 1.30. The Hall–Kier alpha value is -5.66. The van der Waals surface area contributed by atoms with Crippen molar-refractivity contribution < 1.29 is 4.42 Å². The Kier molecular flexibility index (Phi) is 5.18. The smallest absolute Gasteiger partial charge is 0.143 e. The Bertz CT molecular complexity index is 2720. The van der Waals surface area contributed by atoms with Gasteiger partial charge >= 0.3 is 0 Å². The number of furan rings is 1. The molecule has 45 heavy (non-hydrogen) atoms. The van der Waals surface area contributed by atoms with E-state index in [2.05, 4.69) is 158 Å². The van der Waals surface area contributed by atoms with Gasteiger partial charge in [-0.3, -0.25) is 0 Å². The molecule has 10 rings (SSSR count). The Morgan fingerprint density at radius 3 is 1.87 bits per heavy atom. The zero-order valence-corrected chi connectivity index (χ0v) is 24.6. The average Bonchev–Trinajstić information content (AvgIpc) is 3.49. The van der Waals surface area contributed by atoms with Crippen molar-refractivity contribution in [2.75, 3.05) is 0 Å². The quantitative estimate of drug-likeness (QED) is 0.188. The van der Waals surface area contributed by atoms with E-state index in [9.17, 15) is 0 Å². The van der Waals surface area contributed by atoms with Crippen LogP contribution in [0.4, 0.5) is 0 Å². The molecule has 0 aliphatic heterocycles. The highest BCUT2D eigenvalue weighted by Gasteiger charge is 2.33. The van der Waals surface area contributed by atoms with Gasteiger partial charge in [-0.05, 0) is 83.9 Å². The van der Waals surface area contributed by atoms with Crippen LogP contribution in [0.15, 0.2) is 162 Å². The SMILES string of the molecule is C1=CC2C(c3ccc4c(c3)oc3c5ccccc5ccc43)=c3ccccc3=C(c3cc4ccccc4c4ccccc34)C2C=C1. The Labute approximate surface area is 260 Å². The van der Waals surface area contributed by atoms with Crippen molar-refractivity contribution >= 4 is 65.4 Å². The van der Waals surface area contributed by atoms with Crippen LogP contribution in [0.5, 0.6) is 0 Å². The van der Waals surface area contributed by atoms with Crippen LogP contribution in [-0.4, -0.2) is 0 Å². The van der Waals surface area contributed by atoms with Crippen LogP contribution in [0.25, 0.3) is 65.4 Å². The third-order valence-corrected chi connectivity index (χ3v) is 10.0. The molecule has 8 aromatic rings. The third-order valence-electron chi connectivity index (χ3n) is 10.0. The highest BCUT2D eigenvalue weighted by molar-refractivity contribution is 6.15. The molecule has 1 heterocycles. The summed E-state index contributed by atoms with van der Waals surface area (Å²) in [4.78, 5) is 0. The predicted octanol–water partition coefficient (Wildman–Crippen LogP) is 9.82. The first-order valence-corrected chi connectivity index (χ1v) is 15.8. The molecule has 1 nitrogen and oxygen atoms in total. The number of benzene rings is 7. The molecule has 1 aromatic heterocycles. The minimum absolute atomic E-state index is 0.202. The van der Waals surface area contributed by atoms with E-state index in [1.54, 1.807) is 0 Å². The highest BCUT2D eigenvalue weighted by atomic mass is 16.3. The summed E-state index contributed by atoms with van der Waals surface area (Å²) in [5.41, 5.74) is 7.20. The summed E-state index contributed by atoms with van der Waals surface area (Å²) in [6, 6.07) is 48.8. The van der Waals surface area contributed by atoms with Crippen molar-refractivity contribution in [1.82, 2.24) is 0 Å². The van der Waals surface area contributed by atoms with E-state index in [0.29, 0.717) is 0 Å². The molecule has 0 N–H and O–H groups in total. The van der Waals surface area contributed by atoms with E-state index in [4.69, 9.17) is 4.42 Å². The maximum Gasteiger partial charge on any atom is 0.143 e. The van der Waals surface area contributed by atoms with Gasteiger partial charge in [-0.2, -0.15) is 0 Å². The predicted molar refractivity (Wildman–Crippen MR) is 189 cm³/mol. The largest absolute Gasteiger partial charge is 0.455 e. The van der Waals surface area contributed by atoms with Crippen molar-refractivity contribution in [3.63, 3.8) is 0 Å². The molecule has 0 saturated heterocycles. The maximum atomic E-state index is 6.65. The van der Waals surface area contributed by atoms with Gasteiger partial charge in [0.2, 0.25) is 0 Å². The molecule has 0 fully saturated rings. The second-order valence-electron chi connectivity index (χ2n) is 12.4. The lowest BCUT2D eigenvalue weighted by molar-refractivity contribution is 0.670. The standard InChI is InChI=1S/C44H28O/c1-4-14-31-27(11-1)21-24-39-34-23-22-29(26-41(34)45-44(31)39)42-35-17-7-9-19-37(35)43(38-20-10-8-18-36(38)42)40-25-28-12-2-3-13-30(28)32-15-5-6-16-33(32)40/h1-26,35,37H. The summed E-state index contributed by atoms with van der Waals surface area (Å²) in [7, 11) is 0. The lowest BCUT2D eigenvalue weighted by Crippen LogP contribution is -2.40. The molecule has 0 radical (unpaired) electrons. The fourth-order valence-electron chi connectivity index (χ4n) is 8.09. The minimum Gasteiger partial charge on any atom is -0.455 e. The number of allylic oxidation sites excluding steroid dienone is 4. The van der Waals surface area contributed by atoms with E-state index >= 15 is 0 Å². The van der Waals surface area contributed by atoms with E-state index in [1.165, 1.54) is 65.0 Å². The van der Waals surface area contributed by atoms with Gasteiger partial charge < -0.3 is 4.42 Å². The van der Waals surface area contributed by atoms with Crippen LogP contribution < -0.4 is 10.4 Å². The van der Waals surface area contributed by atoms with Crippen LogP contribution in [0, 0.1) is 11.8 Å². The van der Waals surface area contributed by atoms with Gasteiger partial charge in [0.15, 0.2) is 0 Å². The molecule has 0 spiro atoms. The maximum absolute atomic E-state index is 6.65. The number of rotatable bonds is 2. The highest BCUT2D eigenvalue weighted by Crippen LogP contribution is 2.44. The zero-order chi connectivity index (χ0) is 29.5. The molecule has 0 saturated carbocycles. The number of fused-ring (bicyclic) bond motifs is 10. The van der Waals surface area contributed by atoms with Gasteiger partial charge in [0, 0.05) is 28.0 Å². The van der Waals surface area contributed by atoms with E-state index in [0.717, 1.165) is 21.9 Å². The van der Waals surface area contributed by atoms with Crippen LogP contribution in [0.1, 0.15) is 11.1 Å². The topological polar surface area (TPSA) is 13.1 Å². The monoisotopic (exact) mass is 572 g/mol. The number of hydrogen-bond acceptors (Lipinski definition) is 1. The molecule has 7 aromatic carbocycles. The van der Waals surface area contributed by atoms with Crippen LogP contribution >= 0.6 is 0 Å². The lowest BCUT2D eigenvalue weighted by atomic mass is 9.69. The van der Waals surface area contributed by atoms with Crippen molar-refractivity contribution in [2.45, 2.75) is 0 Å². The summed E-state index contributed by atoms with van der Waals surface area (Å²) in [6.07, 6.45) is 9.25. The van der Waals surface area contributed by atoms with Crippen molar-refractivity contribution in [3.05, 3.63) is 179 Å². The average molecular weight is 573 g/mol. The minimum atomic E-state index is 0.202. The lowest BCUT2D eigenvalue weighted by Gasteiger charge is -2.34. The molecule has 0 bridgehead atoms. The van der Waals surface area contributed by atoms with Crippen LogP contribution in [0.2, 0.25) is 0 Å². The molecular formula is C44H28O. The molecule has 1 heteroatoms. The Morgan fingerprint density at radius 2 is 1.04 bits per heavy atom. The van der Waals surface area contributed by atoms with Crippen LogP contribution in [-0.2, 0) is 0 Å². The molecule has 2 aliphatic carbocycles. The summed E-state index contributed by atoms with van der Waals surface area (Å²) in [6.45, 7) is 0. The van der Waals surface area contributed by atoms with Gasteiger partial charge in [-0.15, -0.1) is 0 Å². The first kappa shape index (κ1) is 24.7. The normalized spacial score (nSPS) is 17.5. The fourth-order valence-corrected chi connectivity index (χ4v) is 8.09. The fraction of sp³-hybridized carbons (Fsp3) is 0.0455. The van der Waals surface area contributed by atoms with Crippen molar-refractivity contribution in [2.24, 2.45) is 11.8 Å². The zero-order valence-electron chi connectivity index (χ0n) is 24.6. The van der Waals surface area contributed by atoms with Gasteiger partial charge in [-0.1, -0.05) is 133 Å². The molecule has 2 unspecified atom stereocenters. The van der Waals surface area contributed by atoms with Gasteiger partial charge in [0.1, 0.15) is 11.2 Å². The molecule has 210 valence electrons. The van der Waals surface area contributed by atoms with E-state index in [-0.39, 0.29) is 11.8 Å². The second-order valence-corrected chi connectivity index (χ2v) is 12.4. The summed E-state index contributed by atoms with van der Waals surface area (Å²) < 4.78 is 6.65. The second kappa shape index (κ2) is 9.42. The van der Waals surface area contributed by atoms with Crippen LogP contribution in [0.3, 0.4) is 0 Å². The Morgan fingerprint density at radius 1 is 0.422 bits per heavy atom. The van der Waals surface area contributed by atoms with Gasteiger partial charge in [-0.25, -0.2) is 0 Å². The first-order chi connectivity index (χ1) is 22.3. The third kappa shape index (κ3) is 3.56. The van der Waals surface area contributed by atoms with E-state index in [1.807, 2.05) is 0 Å². The summed E-state index contributed by atoms with van der Waals surface area (Å²) >= 11 is 0. The molecule has 2 aliphatic rings. The summed E-state index contributed by atoms with van der Waals surface area (Å²) in [5, 5.41) is 12.5. The van der Waals surface area contributed by atoms with Crippen molar-refractivity contribution in [1.29, 1.82) is 0 Å². The number of hydrogen-bond donors (Lipinski definition) is 0. The van der Waals surface area contributed by atoms with Crippen molar-refractivity contribution in [3.8, 4) is 0 Å². The molecule has 2 atom stereocenters. The van der Waals surface area contributed by atoms with Gasteiger partial charge in [0.25, 0.3) is 0 Å². The molecule has 0 amide bonds. The summed E-state index contributed by atoms with van der Waals surface area (Å²) in [5.74, 6) is 0.410. The first-order valence-electron chi connectivity index (χ1n) is 15.8. The molecular weight excluding hydrogens is 544 g/mol. The van der Waals surface area contributed by atoms with Gasteiger partial charge in [0.05, 0.1) is 0 Å². The van der Waals surface area contributed by atoms with E-state index < -0.39 is 0 Å².